The normalized spacial score (nSPS) is 10.8. The number of aromatic nitrogens is 4. The molecule has 4 aromatic rings. The van der Waals surface area contributed by atoms with Crippen LogP contribution in [0.3, 0.4) is 0 Å². The lowest BCUT2D eigenvalue weighted by molar-refractivity contribution is 0.0954. The molecule has 0 aliphatic carbocycles. The van der Waals surface area contributed by atoms with Crippen molar-refractivity contribution in [1.82, 2.24) is 24.9 Å². The molecular weight excluding hydrogens is 359 g/mol. The summed E-state index contributed by atoms with van der Waals surface area (Å²) in [4.78, 5) is 16.8. The molecule has 3 aromatic heterocycles. The summed E-state index contributed by atoms with van der Waals surface area (Å²) in [6.45, 7) is 0.378. The van der Waals surface area contributed by atoms with Gasteiger partial charge in [-0.05, 0) is 36.4 Å². The summed E-state index contributed by atoms with van der Waals surface area (Å²) in [6, 6.07) is 15.2. The highest BCUT2D eigenvalue weighted by atomic mass is 19.1. The van der Waals surface area contributed by atoms with Gasteiger partial charge in [0.2, 0.25) is 0 Å². The quantitative estimate of drug-likeness (QED) is 0.540. The van der Waals surface area contributed by atoms with E-state index in [0.717, 1.165) is 11.5 Å². The van der Waals surface area contributed by atoms with Crippen molar-refractivity contribution < 1.29 is 9.18 Å². The molecule has 28 heavy (non-hydrogen) atoms. The Labute approximate surface area is 160 Å². The van der Waals surface area contributed by atoms with Gasteiger partial charge in [-0.3, -0.25) is 9.20 Å². The maximum Gasteiger partial charge on any atom is 0.255 e. The molecule has 0 atom stereocenters. The highest BCUT2D eigenvalue weighted by Crippen LogP contribution is 2.20. The molecule has 0 radical (unpaired) electrons. The molecular formula is C20H17FN6O. The first-order chi connectivity index (χ1) is 13.7. The molecule has 8 heteroatoms. The lowest BCUT2D eigenvalue weighted by Gasteiger charge is -2.11. The summed E-state index contributed by atoms with van der Waals surface area (Å²) in [7, 11) is 0. The summed E-state index contributed by atoms with van der Waals surface area (Å²) in [6.07, 6.45) is 3.94. The fourth-order valence-corrected chi connectivity index (χ4v) is 2.82. The first-order valence-corrected chi connectivity index (χ1v) is 8.76. The molecule has 0 aliphatic heterocycles. The number of amides is 1. The second-order valence-electron chi connectivity index (χ2n) is 6.06. The molecule has 0 saturated heterocycles. The lowest BCUT2D eigenvalue weighted by atomic mass is 10.2. The van der Waals surface area contributed by atoms with Gasteiger partial charge in [0.1, 0.15) is 17.5 Å². The number of carbonyl (C=O) groups excluding carboxylic acids is 1. The Morgan fingerprint density at radius 1 is 1.04 bits per heavy atom. The molecule has 0 aliphatic rings. The number of halogens is 1. The predicted octanol–water partition coefficient (Wildman–Crippen LogP) is 2.98. The summed E-state index contributed by atoms with van der Waals surface area (Å²) in [5.74, 6) is 0.323. The number of nitrogens with zero attached hydrogens (tertiary/aromatic N) is 4. The summed E-state index contributed by atoms with van der Waals surface area (Å²) in [5, 5.41) is 14.0. The average molecular weight is 376 g/mol. The first kappa shape index (κ1) is 17.6. The number of hydrogen-bond acceptors (Lipinski definition) is 5. The van der Waals surface area contributed by atoms with Crippen LogP contribution >= 0.6 is 0 Å². The fraction of sp³-hybridized carbons (Fsp3) is 0.100. The molecule has 0 bridgehead atoms. The number of anilines is 2. The standard InChI is InChI=1S/C20H17FN6O/c21-15-7-1-2-8-16(15)24-19-14(6-5-11-22-19)20(28)23-12-10-18-26-25-17-9-3-4-13-27(17)18/h1-9,11,13H,10,12H2,(H,22,24)(H,23,28). The van der Waals surface area contributed by atoms with Crippen LogP contribution in [0.2, 0.25) is 0 Å². The van der Waals surface area contributed by atoms with E-state index in [1.807, 2.05) is 28.8 Å². The van der Waals surface area contributed by atoms with Gasteiger partial charge < -0.3 is 10.6 Å². The van der Waals surface area contributed by atoms with E-state index in [1.165, 1.54) is 6.07 Å². The Kier molecular flexibility index (Phi) is 4.92. The number of para-hydroxylation sites is 1. The van der Waals surface area contributed by atoms with Crippen molar-refractivity contribution in [3.8, 4) is 0 Å². The number of benzene rings is 1. The zero-order valence-electron chi connectivity index (χ0n) is 14.8. The van der Waals surface area contributed by atoms with Gasteiger partial charge in [-0.1, -0.05) is 18.2 Å². The highest BCUT2D eigenvalue weighted by Gasteiger charge is 2.14. The molecule has 0 saturated carbocycles. The minimum atomic E-state index is -0.418. The van der Waals surface area contributed by atoms with Gasteiger partial charge in [-0.25, -0.2) is 9.37 Å². The molecule has 2 N–H and O–H groups in total. The molecule has 0 unspecified atom stereocenters. The van der Waals surface area contributed by atoms with Gasteiger partial charge in [0.25, 0.3) is 5.91 Å². The van der Waals surface area contributed by atoms with Crippen molar-refractivity contribution in [3.05, 3.63) is 84.2 Å². The Balaban J connectivity index is 1.44. The van der Waals surface area contributed by atoms with Crippen LogP contribution in [-0.4, -0.2) is 32.0 Å². The van der Waals surface area contributed by atoms with Crippen molar-refractivity contribution >= 4 is 23.1 Å². The van der Waals surface area contributed by atoms with Crippen molar-refractivity contribution in [2.75, 3.05) is 11.9 Å². The Bertz CT molecular complexity index is 1130. The second-order valence-corrected chi connectivity index (χ2v) is 6.06. The lowest BCUT2D eigenvalue weighted by Crippen LogP contribution is -2.27. The molecule has 0 spiro atoms. The SMILES string of the molecule is O=C(NCCc1nnc2ccccn12)c1cccnc1Nc1ccccc1F. The topological polar surface area (TPSA) is 84.2 Å². The van der Waals surface area contributed by atoms with Crippen LogP contribution in [-0.2, 0) is 6.42 Å². The van der Waals surface area contributed by atoms with Gasteiger partial charge in [-0.15, -0.1) is 10.2 Å². The maximum atomic E-state index is 13.9. The van der Waals surface area contributed by atoms with E-state index in [2.05, 4.69) is 25.8 Å². The monoisotopic (exact) mass is 376 g/mol. The van der Waals surface area contributed by atoms with E-state index < -0.39 is 5.82 Å². The molecule has 4 rings (SSSR count). The van der Waals surface area contributed by atoms with Crippen molar-refractivity contribution in [2.45, 2.75) is 6.42 Å². The molecule has 1 aromatic carbocycles. The van der Waals surface area contributed by atoms with E-state index in [1.54, 1.807) is 36.5 Å². The van der Waals surface area contributed by atoms with Gasteiger partial charge in [0, 0.05) is 25.4 Å². The van der Waals surface area contributed by atoms with Crippen LogP contribution in [0.5, 0.6) is 0 Å². The number of pyridine rings is 2. The van der Waals surface area contributed by atoms with Crippen molar-refractivity contribution in [1.29, 1.82) is 0 Å². The Morgan fingerprint density at radius 3 is 2.79 bits per heavy atom. The maximum absolute atomic E-state index is 13.9. The third-order valence-corrected chi connectivity index (χ3v) is 4.20. The fourth-order valence-electron chi connectivity index (χ4n) is 2.82. The summed E-state index contributed by atoms with van der Waals surface area (Å²) >= 11 is 0. The number of fused-ring (bicyclic) bond motifs is 1. The zero-order valence-corrected chi connectivity index (χ0v) is 14.8. The van der Waals surface area contributed by atoms with Gasteiger partial charge in [-0.2, -0.15) is 0 Å². The smallest absolute Gasteiger partial charge is 0.255 e. The number of carbonyl (C=O) groups is 1. The zero-order chi connectivity index (χ0) is 19.3. The Hall–Kier alpha value is -3.81. The molecule has 7 nitrogen and oxygen atoms in total. The molecule has 140 valence electrons. The van der Waals surface area contributed by atoms with Gasteiger partial charge in [0.15, 0.2) is 5.65 Å². The predicted molar refractivity (Wildman–Crippen MR) is 103 cm³/mol. The molecule has 0 fully saturated rings. The Morgan fingerprint density at radius 2 is 1.89 bits per heavy atom. The van der Waals surface area contributed by atoms with Crippen molar-refractivity contribution in [3.63, 3.8) is 0 Å². The summed E-state index contributed by atoms with van der Waals surface area (Å²) in [5.41, 5.74) is 1.34. The van der Waals surface area contributed by atoms with Crippen LogP contribution in [0, 0.1) is 5.82 Å². The van der Waals surface area contributed by atoms with Crippen LogP contribution in [0.4, 0.5) is 15.9 Å². The van der Waals surface area contributed by atoms with Crippen LogP contribution in [0.1, 0.15) is 16.2 Å². The van der Waals surface area contributed by atoms with Crippen LogP contribution in [0.15, 0.2) is 67.0 Å². The second kappa shape index (κ2) is 7.83. The first-order valence-electron chi connectivity index (χ1n) is 8.76. The average Bonchev–Trinajstić information content (AvgIpc) is 3.13. The number of rotatable bonds is 6. The van der Waals surface area contributed by atoms with Crippen LogP contribution in [0.25, 0.3) is 5.65 Å². The van der Waals surface area contributed by atoms with Gasteiger partial charge in [0.05, 0.1) is 11.3 Å². The number of nitrogens with one attached hydrogen (secondary N) is 2. The van der Waals surface area contributed by atoms with Gasteiger partial charge >= 0.3 is 0 Å². The molecule has 3 heterocycles. The third kappa shape index (κ3) is 3.66. The third-order valence-electron chi connectivity index (χ3n) is 4.20. The van der Waals surface area contributed by atoms with E-state index in [4.69, 9.17) is 0 Å². The number of hydrogen-bond donors (Lipinski definition) is 2. The highest BCUT2D eigenvalue weighted by molar-refractivity contribution is 5.99. The van der Waals surface area contributed by atoms with Crippen molar-refractivity contribution in [2.24, 2.45) is 0 Å². The van der Waals surface area contributed by atoms with E-state index in [-0.39, 0.29) is 17.4 Å². The summed E-state index contributed by atoms with van der Waals surface area (Å²) < 4.78 is 15.8. The van der Waals surface area contributed by atoms with E-state index in [0.29, 0.717) is 18.5 Å². The van der Waals surface area contributed by atoms with E-state index in [9.17, 15) is 9.18 Å². The largest absolute Gasteiger partial charge is 0.351 e. The van der Waals surface area contributed by atoms with Crippen LogP contribution < -0.4 is 10.6 Å². The molecule has 1 amide bonds. The minimum Gasteiger partial charge on any atom is -0.351 e. The minimum absolute atomic E-state index is 0.255. The van der Waals surface area contributed by atoms with E-state index >= 15 is 0 Å².